The number of ketones is 1. The summed E-state index contributed by atoms with van der Waals surface area (Å²) < 4.78 is 0. The molecule has 0 amide bonds. The van der Waals surface area contributed by atoms with E-state index in [1.54, 1.807) is 6.92 Å². The standard InChI is InChI=1S/C5H9NO2/c1-2-5(7)3-4-6-8/h4,8H,2-3H2,1H3/b6-4+. The number of Topliss-reactive ketones (excluding diaryl/α,β-unsaturated/α-hetero) is 1. The highest BCUT2D eigenvalue weighted by atomic mass is 16.4. The van der Waals surface area contributed by atoms with E-state index in [2.05, 4.69) is 5.16 Å². The van der Waals surface area contributed by atoms with Crippen molar-refractivity contribution in [3.05, 3.63) is 0 Å². The zero-order valence-electron chi connectivity index (χ0n) is 4.79. The molecule has 0 aromatic rings. The molecule has 3 nitrogen and oxygen atoms in total. The third kappa shape index (κ3) is 3.33. The van der Waals surface area contributed by atoms with Crippen molar-refractivity contribution in [2.75, 3.05) is 0 Å². The second-order valence-corrected chi connectivity index (χ2v) is 1.39. The summed E-state index contributed by atoms with van der Waals surface area (Å²) in [6.07, 6.45) is 1.94. The van der Waals surface area contributed by atoms with Gasteiger partial charge in [0.1, 0.15) is 5.78 Å². The van der Waals surface area contributed by atoms with Crippen LogP contribution in [0.1, 0.15) is 19.8 Å². The van der Waals surface area contributed by atoms with Crippen LogP contribution in [0.5, 0.6) is 0 Å². The largest absolute Gasteiger partial charge is 0.411 e. The predicted molar refractivity (Wildman–Crippen MR) is 30.2 cm³/mol. The minimum Gasteiger partial charge on any atom is -0.411 e. The van der Waals surface area contributed by atoms with Gasteiger partial charge in [-0.25, -0.2) is 0 Å². The molecule has 0 bridgehead atoms. The Kier molecular flexibility index (Phi) is 3.84. The van der Waals surface area contributed by atoms with E-state index in [0.717, 1.165) is 0 Å². The Hall–Kier alpha value is -0.860. The monoisotopic (exact) mass is 115 g/mol. The Morgan fingerprint density at radius 3 is 2.88 bits per heavy atom. The third-order valence-corrected chi connectivity index (χ3v) is 0.795. The van der Waals surface area contributed by atoms with E-state index < -0.39 is 0 Å². The van der Waals surface area contributed by atoms with Gasteiger partial charge in [0.25, 0.3) is 0 Å². The van der Waals surface area contributed by atoms with Crippen LogP contribution in [0.15, 0.2) is 5.16 Å². The summed E-state index contributed by atoms with van der Waals surface area (Å²) in [6, 6.07) is 0. The van der Waals surface area contributed by atoms with E-state index in [-0.39, 0.29) is 12.2 Å². The molecule has 0 saturated carbocycles. The van der Waals surface area contributed by atoms with Crippen LogP contribution < -0.4 is 0 Å². The highest BCUT2D eigenvalue weighted by Crippen LogP contribution is 1.83. The summed E-state index contributed by atoms with van der Waals surface area (Å²) in [5, 5.41) is 10.5. The van der Waals surface area contributed by atoms with E-state index in [0.29, 0.717) is 6.42 Å². The Morgan fingerprint density at radius 2 is 2.50 bits per heavy atom. The summed E-state index contributed by atoms with van der Waals surface area (Å²) in [5.74, 6) is 0.0859. The van der Waals surface area contributed by atoms with Crippen LogP contribution in [0.4, 0.5) is 0 Å². The molecule has 0 saturated heterocycles. The molecule has 3 heteroatoms. The third-order valence-electron chi connectivity index (χ3n) is 0.795. The second-order valence-electron chi connectivity index (χ2n) is 1.39. The van der Waals surface area contributed by atoms with Crippen molar-refractivity contribution in [3.63, 3.8) is 0 Å². The Bertz CT molecular complexity index is 98.6. The Morgan fingerprint density at radius 1 is 1.88 bits per heavy atom. The maximum Gasteiger partial charge on any atom is 0.138 e. The van der Waals surface area contributed by atoms with Gasteiger partial charge in [0.05, 0.1) is 6.21 Å². The molecule has 0 unspecified atom stereocenters. The summed E-state index contributed by atoms with van der Waals surface area (Å²) in [6.45, 7) is 1.77. The number of hydrogen-bond acceptors (Lipinski definition) is 3. The van der Waals surface area contributed by atoms with Crippen LogP contribution in [0.3, 0.4) is 0 Å². The number of oxime groups is 1. The smallest absolute Gasteiger partial charge is 0.138 e. The lowest BCUT2D eigenvalue weighted by atomic mass is 10.2. The molecular weight excluding hydrogens is 106 g/mol. The van der Waals surface area contributed by atoms with Gasteiger partial charge in [-0.3, -0.25) is 4.79 Å². The molecule has 0 aliphatic rings. The Balaban J connectivity index is 3.25. The molecule has 0 fully saturated rings. The second kappa shape index (κ2) is 4.30. The average molecular weight is 115 g/mol. The zero-order chi connectivity index (χ0) is 6.41. The van der Waals surface area contributed by atoms with Gasteiger partial charge in [-0.2, -0.15) is 0 Å². The van der Waals surface area contributed by atoms with Gasteiger partial charge < -0.3 is 5.21 Å². The van der Waals surface area contributed by atoms with Crippen molar-refractivity contribution < 1.29 is 10.0 Å². The summed E-state index contributed by atoms with van der Waals surface area (Å²) in [7, 11) is 0. The summed E-state index contributed by atoms with van der Waals surface area (Å²) in [4.78, 5) is 10.4. The molecule has 0 spiro atoms. The van der Waals surface area contributed by atoms with E-state index in [1.165, 1.54) is 6.21 Å². The van der Waals surface area contributed by atoms with E-state index in [4.69, 9.17) is 5.21 Å². The van der Waals surface area contributed by atoms with Crippen LogP contribution >= 0.6 is 0 Å². The van der Waals surface area contributed by atoms with Crippen molar-refractivity contribution in [2.45, 2.75) is 19.8 Å². The van der Waals surface area contributed by atoms with E-state index >= 15 is 0 Å². The first-order valence-electron chi connectivity index (χ1n) is 2.48. The van der Waals surface area contributed by atoms with Crippen molar-refractivity contribution in [1.82, 2.24) is 0 Å². The minimum absolute atomic E-state index is 0.0859. The van der Waals surface area contributed by atoms with Gasteiger partial charge >= 0.3 is 0 Å². The fourth-order valence-corrected chi connectivity index (χ4v) is 0.287. The van der Waals surface area contributed by atoms with Gasteiger partial charge in [0, 0.05) is 12.8 Å². The molecule has 0 rings (SSSR count). The highest BCUT2D eigenvalue weighted by Gasteiger charge is 1.91. The first-order valence-corrected chi connectivity index (χ1v) is 2.48. The summed E-state index contributed by atoms with van der Waals surface area (Å²) >= 11 is 0. The molecule has 0 atom stereocenters. The summed E-state index contributed by atoms with van der Waals surface area (Å²) in [5.41, 5.74) is 0. The van der Waals surface area contributed by atoms with Crippen LogP contribution in [-0.4, -0.2) is 17.2 Å². The molecule has 0 aliphatic carbocycles. The first kappa shape index (κ1) is 7.14. The van der Waals surface area contributed by atoms with E-state index in [9.17, 15) is 4.79 Å². The van der Waals surface area contributed by atoms with Crippen LogP contribution in [-0.2, 0) is 4.79 Å². The van der Waals surface area contributed by atoms with Gasteiger partial charge in [0.15, 0.2) is 0 Å². The number of hydrogen-bond donors (Lipinski definition) is 1. The zero-order valence-corrected chi connectivity index (χ0v) is 4.79. The molecule has 0 aromatic heterocycles. The van der Waals surface area contributed by atoms with Crippen molar-refractivity contribution in [3.8, 4) is 0 Å². The van der Waals surface area contributed by atoms with Crippen LogP contribution in [0.2, 0.25) is 0 Å². The van der Waals surface area contributed by atoms with Gasteiger partial charge in [0.2, 0.25) is 0 Å². The number of carbonyl (C=O) groups excluding carboxylic acids is 1. The normalized spacial score (nSPS) is 10.1. The molecule has 8 heavy (non-hydrogen) atoms. The Labute approximate surface area is 48.0 Å². The topological polar surface area (TPSA) is 49.7 Å². The lowest BCUT2D eigenvalue weighted by molar-refractivity contribution is -0.117. The number of rotatable bonds is 3. The molecule has 0 heterocycles. The lowest BCUT2D eigenvalue weighted by Crippen LogP contribution is -1.94. The van der Waals surface area contributed by atoms with Crippen LogP contribution in [0.25, 0.3) is 0 Å². The average Bonchev–Trinajstić information content (AvgIpc) is 1.83. The first-order chi connectivity index (χ1) is 3.81. The van der Waals surface area contributed by atoms with Gasteiger partial charge in [-0.05, 0) is 0 Å². The maximum absolute atomic E-state index is 10.4. The van der Waals surface area contributed by atoms with Crippen molar-refractivity contribution >= 4 is 12.0 Å². The predicted octanol–water partition coefficient (Wildman–Crippen LogP) is 0.816. The number of nitrogens with zero attached hydrogens (tertiary/aromatic N) is 1. The molecule has 0 aliphatic heterocycles. The van der Waals surface area contributed by atoms with E-state index in [1.807, 2.05) is 0 Å². The quantitative estimate of drug-likeness (QED) is 0.336. The molecule has 46 valence electrons. The van der Waals surface area contributed by atoms with Crippen LogP contribution in [0, 0.1) is 0 Å². The maximum atomic E-state index is 10.4. The highest BCUT2D eigenvalue weighted by molar-refractivity contribution is 5.90. The molecule has 1 N–H and O–H groups in total. The minimum atomic E-state index is 0.0859. The van der Waals surface area contributed by atoms with Crippen molar-refractivity contribution in [2.24, 2.45) is 5.16 Å². The lowest BCUT2D eigenvalue weighted by Gasteiger charge is -1.83. The molecule has 0 radical (unpaired) electrons. The molecule has 0 aromatic carbocycles. The van der Waals surface area contributed by atoms with Gasteiger partial charge in [-0.1, -0.05) is 6.92 Å². The number of carbonyl (C=O) groups is 1. The fourth-order valence-electron chi connectivity index (χ4n) is 0.287. The van der Waals surface area contributed by atoms with Crippen molar-refractivity contribution in [1.29, 1.82) is 0 Å². The van der Waals surface area contributed by atoms with Gasteiger partial charge in [-0.15, -0.1) is 5.16 Å². The molecular formula is C5H9NO2. The SMILES string of the molecule is CCC(=O)C/C=N/O. The fraction of sp³-hybridized carbons (Fsp3) is 0.600.